The van der Waals surface area contributed by atoms with E-state index in [4.69, 9.17) is 5.11 Å². The van der Waals surface area contributed by atoms with Crippen LogP contribution in [-0.2, 0) is 22.6 Å². The first kappa shape index (κ1) is 13.5. The summed E-state index contributed by atoms with van der Waals surface area (Å²) in [6.07, 6.45) is 0.616. The molecule has 0 fully saturated rings. The van der Waals surface area contributed by atoms with Gasteiger partial charge in [-0.15, -0.1) is 0 Å². The molecule has 0 aromatic heterocycles. The van der Waals surface area contributed by atoms with Crippen molar-refractivity contribution in [1.82, 2.24) is 10.2 Å². The van der Waals surface area contributed by atoms with Crippen molar-refractivity contribution in [3.8, 4) is 0 Å². The number of carboxylic acid groups (broad SMARTS) is 1. The van der Waals surface area contributed by atoms with E-state index in [0.717, 1.165) is 5.56 Å². The molecule has 1 atom stereocenters. The predicted octanol–water partition coefficient (Wildman–Crippen LogP) is 0.634. The van der Waals surface area contributed by atoms with E-state index >= 15 is 0 Å². The smallest absolute Gasteiger partial charge is 0.323 e. The fourth-order valence-electron chi connectivity index (χ4n) is 2.36. The number of benzene rings is 1. The third-order valence-corrected chi connectivity index (χ3v) is 3.40. The highest BCUT2D eigenvalue weighted by Gasteiger charge is 2.28. The van der Waals surface area contributed by atoms with Crippen molar-refractivity contribution in [2.75, 3.05) is 13.1 Å². The third-order valence-electron chi connectivity index (χ3n) is 3.40. The molecule has 102 valence electrons. The van der Waals surface area contributed by atoms with Crippen LogP contribution in [0, 0.1) is 0 Å². The summed E-state index contributed by atoms with van der Waals surface area (Å²) in [5, 5.41) is 12.0. The van der Waals surface area contributed by atoms with Gasteiger partial charge in [0, 0.05) is 13.1 Å². The van der Waals surface area contributed by atoms with Gasteiger partial charge >= 0.3 is 5.97 Å². The average Bonchev–Trinajstić information content (AvgIpc) is 2.43. The monoisotopic (exact) mass is 262 g/mol. The van der Waals surface area contributed by atoms with Gasteiger partial charge < -0.3 is 15.3 Å². The average molecular weight is 262 g/mol. The Morgan fingerprint density at radius 1 is 1.37 bits per heavy atom. The Morgan fingerprint density at radius 2 is 2.05 bits per heavy atom. The lowest BCUT2D eigenvalue weighted by Gasteiger charge is -2.29. The highest BCUT2D eigenvalue weighted by atomic mass is 16.4. The maximum absolute atomic E-state index is 12.3. The first-order valence-electron chi connectivity index (χ1n) is 6.42. The lowest BCUT2D eigenvalue weighted by Crippen LogP contribution is -2.50. The van der Waals surface area contributed by atoms with Gasteiger partial charge in [-0.1, -0.05) is 24.3 Å². The first-order chi connectivity index (χ1) is 9.11. The van der Waals surface area contributed by atoms with Gasteiger partial charge in [0.2, 0.25) is 5.91 Å². The largest absolute Gasteiger partial charge is 0.480 e. The molecule has 1 aliphatic rings. The van der Waals surface area contributed by atoms with E-state index in [9.17, 15) is 9.59 Å². The minimum atomic E-state index is -0.980. The van der Waals surface area contributed by atoms with E-state index < -0.39 is 5.97 Å². The summed E-state index contributed by atoms with van der Waals surface area (Å²) in [5.74, 6) is -1.12. The van der Waals surface area contributed by atoms with Crippen molar-refractivity contribution in [1.29, 1.82) is 0 Å². The van der Waals surface area contributed by atoms with Crippen LogP contribution in [0.2, 0.25) is 0 Å². The lowest BCUT2D eigenvalue weighted by molar-refractivity contribution is -0.145. The molecular weight excluding hydrogens is 244 g/mol. The van der Waals surface area contributed by atoms with Crippen LogP contribution in [0.4, 0.5) is 0 Å². The number of hydrogen-bond donors (Lipinski definition) is 2. The van der Waals surface area contributed by atoms with Crippen molar-refractivity contribution in [3.63, 3.8) is 0 Å². The molecule has 1 aromatic carbocycles. The molecule has 5 nitrogen and oxygen atoms in total. The second-order valence-corrected chi connectivity index (χ2v) is 4.65. The molecule has 5 heteroatoms. The molecule has 19 heavy (non-hydrogen) atoms. The van der Waals surface area contributed by atoms with Gasteiger partial charge in [0.1, 0.15) is 6.54 Å². The fraction of sp³-hybridized carbons (Fsp3) is 0.429. The van der Waals surface area contributed by atoms with Crippen LogP contribution in [0.3, 0.4) is 0 Å². The van der Waals surface area contributed by atoms with Gasteiger partial charge in [0.15, 0.2) is 0 Å². The third kappa shape index (κ3) is 3.12. The van der Waals surface area contributed by atoms with Crippen molar-refractivity contribution < 1.29 is 14.7 Å². The summed E-state index contributed by atoms with van der Waals surface area (Å²) in [4.78, 5) is 24.4. The number of hydrogen-bond acceptors (Lipinski definition) is 3. The molecule has 0 aliphatic carbocycles. The van der Waals surface area contributed by atoms with Crippen molar-refractivity contribution in [3.05, 3.63) is 35.4 Å². The number of carbonyl (C=O) groups excluding carboxylic acids is 1. The standard InChI is InChI=1S/C14H18N2O3/c1-2-16(9-13(17)18)14(19)12-7-10-5-3-4-6-11(10)8-15-12/h3-6,12,15H,2,7-9H2,1H3,(H,17,18). The predicted molar refractivity (Wildman–Crippen MR) is 70.7 cm³/mol. The Balaban J connectivity index is 2.07. The van der Waals surface area contributed by atoms with Crippen molar-refractivity contribution in [2.24, 2.45) is 0 Å². The quantitative estimate of drug-likeness (QED) is 0.835. The number of amides is 1. The molecular formula is C14H18N2O3. The van der Waals surface area contributed by atoms with Crippen LogP contribution in [0.5, 0.6) is 0 Å². The summed E-state index contributed by atoms with van der Waals surface area (Å²) in [7, 11) is 0. The van der Waals surface area contributed by atoms with E-state index in [1.54, 1.807) is 6.92 Å². The summed E-state index contributed by atoms with van der Waals surface area (Å²) >= 11 is 0. The SMILES string of the molecule is CCN(CC(=O)O)C(=O)C1Cc2ccccc2CN1. The zero-order valence-electron chi connectivity index (χ0n) is 10.9. The minimum absolute atomic E-state index is 0.139. The lowest BCUT2D eigenvalue weighted by atomic mass is 9.95. The maximum atomic E-state index is 12.3. The molecule has 2 N–H and O–H groups in total. The number of likely N-dealkylation sites (N-methyl/N-ethyl adjacent to an activating group) is 1. The minimum Gasteiger partial charge on any atom is -0.480 e. The zero-order chi connectivity index (χ0) is 13.8. The van der Waals surface area contributed by atoms with Gasteiger partial charge in [-0.05, 0) is 24.5 Å². The maximum Gasteiger partial charge on any atom is 0.323 e. The molecule has 0 saturated carbocycles. The van der Waals surface area contributed by atoms with Crippen LogP contribution in [0.25, 0.3) is 0 Å². The topological polar surface area (TPSA) is 69.6 Å². The number of nitrogens with one attached hydrogen (secondary N) is 1. The van der Waals surface area contributed by atoms with E-state index in [1.807, 2.05) is 24.3 Å². The van der Waals surface area contributed by atoms with E-state index in [1.165, 1.54) is 10.5 Å². The Morgan fingerprint density at radius 3 is 2.68 bits per heavy atom. The second kappa shape index (κ2) is 5.84. The summed E-state index contributed by atoms with van der Waals surface area (Å²) in [6, 6.07) is 7.67. The van der Waals surface area contributed by atoms with E-state index in [0.29, 0.717) is 19.5 Å². The van der Waals surface area contributed by atoms with Crippen molar-refractivity contribution in [2.45, 2.75) is 25.9 Å². The number of nitrogens with zero attached hydrogens (tertiary/aromatic N) is 1. The molecule has 1 heterocycles. The van der Waals surface area contributed by atoms with E-state index in [2.05, 4.69) is 5.32 Å². The Bertz CT molecular complexity index is 487. The highest BCUT2D eigenvalue weighted by Crippen LogP contribution is 2.17. The van der Waals surface area contributed by atoms with Crippen LogP contribution >= 0.6 is 0 Å². The molecule has 0 bridgehead atoms. The summed E-state index contributed by atoms with van der Waals surface area (Å²) < 4.78 is 0. The normalized spacial score (nSPS) is 17.6. The molecule has 1 amide bonds. The molecule has 1 aliphatic heterocycles. The van der Waals surface area contributed by atoms with Gasteiger partial charge in [0.25, 0.3) is 0 Å². The molecule has 0 saturated heterocycles. The molecule has 1 unspecified atom stereocenters. The highest BCUT2D eigenvalue weighted by molar-refractivity contribution is 5.85. The number of carboxylic acids is 1. The van der Waals surface area contributed by atoms with Crippen molar-refractivity contribution >= 4 is 11.9 Å². The van der Waals surface area contributed by atoms with Gasteiger partial charge in [-0.2, -0.15) is 0 Å². The molecule has 0 spiro atoms. The van der Waals surface area contributed by atoms with Crippen LogP contribution in [0.15, 0.2) is 24.3 Å². The van der Waals surface area contributed by atoms with Crippen LogP contribution in [-0.4, -0.2) is 41.0 Å². The Kier molecular flexibility index (Phi) is 4.16. The summed E-state index contributed by atoms with van der Waals surface area (Å²) in [6.45, 7) is 2.61. The number of fused-ring (bicyclic) bond motifs is 1. The zero-order valence-corrected chi connectivity index (χ0v) is 10.9. The van der Waals surface area contributed by atoms with Crippen LogP contribution in [0.1, 0.15) is 18.1 Å². The van der Waals surface area contributed by atoms with Gasteiger partial charge in [0.05, 0.1) is 6.04 Å². The molecule has 1 aromatic rings. The first-order valence-corrected chi connectivity index (χ1v) is 6.42. The van der Waals surface area contributed by atoms with Crippen LogP contribution < -0.4 is 5.32 Å². The summed E-state index contributed by atoms with van der Waals surface area (Å²) in [5.41, 5.74) is 2.36. The molecule has 0 radical (unpaired) electrons. The van der Waals surface area contributed by atoms with Gasteiger partial charge in [-0.25, -0.2) is 0 Å². The second-order valence-electron chi connectivity index (χ2n) is 4.65. The van der Waals surface area contributed by atoms with E-state index in [-0.39, 0.29) is 18.5 Å². The van der Waals surface area contributed by atoms with Gasteiger partial charge in [-0.3, -0.25) is 9.59 Å². The number of carbonyl (C=O) groups is 2. The Labute approximate surface area is 112 Å². The number of rotatable bonds is 4. The fourth-order valence-corrected chi connectivity index (χ4v) is 2.36. The number of aliphatic carboxylic acids is 1. The molecule has 2 rings (SSSR count). The Hall–Kier alpha value is -1.88.